The molecule has 1 heterocycles. The highest BCUT2D eigenvalue weighted by molar-refractivity contribution is 5.97. The molecule has 1 aliphatic heterocycles. The number of anilines is 1. The topological polar surface area (TPSA) is 66.0 Å². The van der Waals surface area contributed by atoms with E-state index in [9.17, 15) is 4.79 Å². The lowest BCUT2D eigenvalue weighted by Crippen LogP contribution is -2.44. The van der Waals surface area contributed by atoms with E-state index >= 15 is 0 Å². The first-order valence-electron chi connectivity index (χ1n) is 9.10. The molecule has 2 N–H and O–H groups in total. The standard InChI is InChI=1S/C19H30N4O2/c1-5-20-19(22-15(4)14(2)3)21-11-8-12-23-16-9-6-7-10-17(16)25-13-18(23)24/h6-7,9-10,14-15H,5,8,11-13H2,1-4H3,(H2,20,21,22). The molecule has 0 saturated heterocycles. The van der Waals surface area contributed by atoms with Gasteiger partial charge in [0.2, 0.25) is 0 Å². The molecule has 1 unspecified atom stereocenters. The predicted molar refractivity (Wildman–Crippen MR) is 102 cm³/mol. The van der Waals surface area contributed by atoms with E-state index in [1.807, 2.05) is 24.3 Å². The summed E-state index contributed by atoms with van der Waals surface area (Å²) in [5.41, 5.74) is 0.848. The Morgan fingerprint density at radius 3 is 2.80 bits per heavy atom. The lowest BCUT2D eigenvalue weighted by Gasteiger charge is -2.29. The van der Waals surface area contributed by atoms with Gasteiger partial charge in [-0.25, -0.2) is 0 Å². The normalized spacial score (nSPS) is 15.6. The van der Waals surface area contributed by atoms with Crippen molar-refractivity contribution in [3.05, 3.63) is 24.3 Å². The number of guanidine groups is 1. The van der Waals surface area contributed by atoms with Gasteiger partial charge in [0.15, 0.2) is 12.6 Å². The molecule has 0 bridgehead atoms. The molecule has 0 radical (unpaired) electrons. The summed E-state index contributed by atoms with van der Waals surface area (Å²) >= 11 is 0. The van der Waals surface area contributed by atoms with Crippen LogP contribution in [0.3, 0.4) is 0 Å². The van der Waals surface area contributed by atoms with Crippen LogP contribution in [0.4, 0.5) is 5.69 Å². The number of rotatable bonds is 7. The van der Waals surface area contributed by atoms with Crippen LogP contribution in [0.25, 0.3) is 0 Å². The molecule has 138 valence electrons. The highest BCUT2D eigenvalue weighted by Crippen LogP contribution is 2.31. The zero-order chi connectivity index (χ0) is 18.2. The van der Waals surface area contributed by atoms with E-state index in [4.69, 9.17) is 4.74 Å². The first-order chi connectivity index (χ1) is 12.0. The molecule has 1 aromatic rings. The number of para-hydroxylation sites is 2. The number of carbonyl (C=O) groups excluding carboxylic acids is 1. The van der Waals surface area contributed by atoms with Gasteiger partial charge in [0.05, 0.1) is 5.69 Å². The number of carbonyl (C=O) groups is 1. The van der Waals surface area contributed by atoms with E-state index in [0.717, 1.165) is 30.4 Å². The summed E-state index contributed by atoms with van der Waals surface area (Å²) in [6, 6.07) is 8.01. The van der Waals surface area contributed by atoms with Gasteiger partial charge < -0.3 is 20.3 Å². The van der Waals surface area contributed by atoms with Crippen LogP contribution in [0.15, 0.2) is 29.3 Å². The van der Waals surface area contributed by atoms with Crippen LogP contribution in [0.1, 0.15) is 34.1 Å². The average molecular weight is 346 g/mol. The van der Waals surface area contributed by atoms with Gasteiger partial charge in [0.25, 0.3) is 5.91 Å². The lowest BCUT2D eigenvalue weighted by molar-refractivity contribution is -0.121. The first kappa shape index (κ1) is 19.1. The molecule has 0 saturated carbocycles. The van der Waals surface area contributed by atoms with Gasteiger partial charge in [-0.15, -0.1) is 0 Å². The Hall–Kier alpha value is -2.24. The van der Waals surface area contributed by atoms with Crippen LogP contribution in [-0.4, -0.2) is 44.1 Å². The van der Waals surface area contributed by atoms with Crippen LogP contribution >= 0.6 is 0 Å². The molecule has 25 heavy (non-hydrogen) atoms. The van der Waals surface area contributed by atoms with Crippen molar-refractivity contribution in [2.75, 3.05) is 31.1 Å². The van der Waals surface area contributed by atoms with Crippen molar-refractivity contribution in [3.63, 3.8) is 0 Å². The van der Waals surface area contributed by atoms with Gasteiger partial charge in [0, 0.05) is 25.7 Å². The third-order valence-electron chi connectivity index (χ3n) is 4.33. The highest BCUT2D eigenvalue weighted by Gasteiger charge is 2.24. The van der Waals surface area contributed by atoms with E-state index < -0.39 is 0 Å². The number of ether oxygens (including phenoxy) is 1. The van der Waals surface area contributed by atoms with Crippen LogP contribution in [0.5, 0.6) is 5.75 Å². The molecule has 2 rings (SSSR count). The zero-order valence-corrected chi connectivity index (χ0v) is 15.7. The number of amides is 1. The fourth-order valence-electron chi connectivity index (χ4n) is 2.52. The Kier molecular flexibility index (Phi) is 7.10. The molecule has 6 heteroatoms. The second-order valence-electron chi connectivity index (χ2n) is 6.59. The largest absolute Gasteiger partial charge is 0.482 e. The quantitative estimate of drug-likeness (QED) is 0.452. The summed E-state index contributed by atoms with van der Waals surface area (Å²) in [6.45, 7) is 10.8. The number of hydrogen-bond donors (Lipinski definition) is 2. The van der Waals surface area contributed by atoms with Crippen molar-refractivity contribution in [3.8, 4) is 5.75 Å². The van der Waals surface area contributed by atoms with E-state index in [1.54, 1.807) is 4.90 Å². The minimum atomic E-state index is 0.00106. The molecule has 6 nitrogen and oxygen atoms in total. The number of benzene rings is 1. The molecule has 1 aromatic carbocycles. The first-order valence-corrected chi connectivity index (χ1v) is 9.10. The van der Waals surface area contributed by atoms with Crippen LogP contribution < -0.4 is 20.3 Å². The summed E-state index contributed by atoms with van der Waals surface area (Å²) in [5.74, 6) is 2.14. The fourth-order valence-corrected chi connectivity index (χ4v) is 2.52. The lowest BCUT2D eigenvalue weighted by atomic mass is 10.1. The molecular weight excluding hydrogens is 316 g/mol. The van der Waals surface area contributed by atoms with Crippen molar-refractivity contribution in [1.29, 1.82) is 0 Å². The molecular formula is C19H30N4O2. The van der Waals surface area contributed by atoms with E-state index in [0.29, 0.717) is 25.0 Å². The third-order valence-corrected chi connectivity index (χ3v) is 4.33. The van der Waals surface area contributed by atoms with Crippen LogP contribution in [0.2, 0.25) is 0 Å². The number of nitrogens with one attached hydrogen (secondary N) is 2. The number of aliphatic imine (C=N–C) groups is 1. The monoisotopic (exact) mass is 346 g/mol. The maximum Gasteiger partial charge on any atom is 0.265 e. The molecule has 0 spiro atoms. The SMILES string of the molecule is CCNC(=NCCCN1C(=O)COc2ccccc21)NC(C)C(C)C. The van der Waals surface area contributed by atoms with Crippen molar-refractivity contribution in [2.24, 2.45) is 10.9 Å². The van der Waals surface area contributed by atoms with Gasteiger partial charge >= 0.3 is 0 Å². The summed E-state index contributed by atoms with van der Waals surface area (Å²) in [6.07, 6.45) is 0.798. The number of nitrogens with zero attached hydrogens (tertiary/aromatic N) is 2. The highest BCUT2D eigenvalue weighted by atomic mass is 16.5. The fraction of sp³-hybridized carbons (Fsp3) is 0.579. The molecule has 1 amide bonds. The minimum absolute atomic E-state index is 0.00106. The van der Waals surface area contributed by atoms with Crippen LogP contribution in [-0.2, 0) is 4.79 Å². The predicted octanol–water partition coefficient (Wildman–Crippen LogP) is 2.40. The van der Waals surface area contributed by atoms with Gasteiger partial charge in [-0.05, 0) is 38.3 Å². The van der Waals surface area contributed by atoms with Crippen molar-refractivity contribution in [1.82, 2.24) is 10.6 Å². The van der Waals surface area contributed by atoms with Crippen molar-refractivity contribution < 1.29 is 9.53 Å². The summed E-state index contributed by atoms with van der Waals surface area (Å²) < 4.78 is 5.47. The molecule has 0 aromatic heterocycles. The summed E-state index contributed by atoms with van der Waals surface area (Å²) in [4.78, 5) is 18.6. The van der Waals surface area contributed by atoms with Gasteiger partial charge in [-0.3, -0.25) is 9.79 Å². The van der Waals surface area contributed by atoms with Crippen LogP contribution in [0, 0.1) is 5.92 Å². The van der Waals surface area contributed by atoms with Crippen molar-refractivity contribution in [2.45, 2.75) is 40.2 Å². The van der Waals surface area contributed by atoms with Gasteiger partial charge in [0.1, 0.15) is 5.75 Å². The number of fused-ring (bicyclic) bond motifs is 1. The Labute approximate surface area is 150 Å². The Morgan fingerprint density at radius 2 is 2.08 bits per heavy atom. The van der Waals surface area contributed by atoms with E-state index in [-0.39, 0.29) is 12.5 Å². The number of hydrogen-bond acceptors (Lipinski definition) is 3. The zero-order valence-electron chi connectivity index (χ0n) is 15.7. The second-order valence-corrected chi connectivity index (χ2v) is 6.59. The molecule has 1 atom stereocenters. The average Bonchev–Trinajstić information content (AvgIpc) is 2.60. The molecule has 0 aliphatic carbocycles. The van der Waals surface area contributed by atoms with E-state index in [1.165, 1.54) is 0 Å². The molecule has 0 fully saturated rings. The Balaban J connectivity index is 1.91. The van der Waals surface area contributed by atoms with Gasteiger partial charge in [-0.1, -0.05) is 26.0 Å². The smallest absolute Gasteiger partial charge is 0.265 e. The minimum Gasteiger partial charge on any atom is -0.482 e. The van der Waals surface area contributed by atoms with E-state index in [2.05, 4.69) is 43.3 Å². The van der Waals surface area contributed by atoms with Gasteiger partial charge in [-0.2, -0.15) is 0 Å². The Morgan fingerprint density at radius 1 is 1.32 bits per heavy atom. The maximum atomic E-state index is 12.1. The summed E-state index contributed by atoms with van der Waals surface area (Å²) in [5, 5.41) is 6.69. The second kappa shape index (κ2) is 9.30. The van der Waals surface area contributed by atoms with Crippen molar-refractivity contribution >= 4 is 17.6 Å². The molecule has 1 aliphatic rings. The summed E-state index contributed by atoms with van der Waals surface area (Å²) in [7, 11) is 0. The third kappa shape index (κ3) is 5.37. The maximum absolute atomic E-state index is 12.1. The Bertz CT molecular complexity index is 601.